The SMILES string of the molecule is O=C(CCC1CCCCC1)NCC(O)C(F)(F)F. The number of alkyl halides is 3. The Bertz CT molecular complexity index is 263. The predicted octanol–water partition coefficient (Wildman–Crippen LogP) is 2.39. The quantitative estimate of drug-likeness (QED) is 0.803. The van der Waals surface area contributed by atoms with Gasteiger partial charge in [-0.1, -0.05) is 32.1 Å². The molecule has 1 atom stereocenters. The van der Waals surface area contributed by atoms with E-state index in [9.17, 15) is 18.0 Å². The first-order valence-electron chi connectivity index (χ1n) is 6.41. The molecule has 1 amide bonds. The Balaban J connectivity index is 2.13. The van der Waals surface area contributed by atoms with Crippen LogP contribution in [0.25, 0.3) is 0 Å². The van der Waals surface area contributed by atoms with Crippen LogP contribution in [-0.2, 0) is 4.79 Å². The van der Waals surface area contributed by atoms with Crippen LogP contribution >= 0.6 is 0 Å². The van der Waals surface area contributed by atoms with Crippen LogP contribution in [0.15, 0.2) is 0 Å². The summed E-state index contributed by atoms with van der Waals surface area (Å²) >= 11 is 0. The number of carbonyl (C=O) groups excluding carboxylic acids is 1. The minimum Gasteiger partial charge on any atom is -0.382 e. The Labute approximate surface area is 105 Å². The second-order valence-electron chi connectivity index (χ2n) is 4.90. The lowest BCUT2D eigenvalue weighted by Gasteiger charge is -2.21. The van der Waals surface area contributed by atoms with Crippen molar-refractivity contribution in [3.63, 3.8) is 0 Å². The van der Waals surface area contributed by atoms with Crippen molar-refractivity contribution in [2.24, 2.45) is 5.92 Å². The highest BCUT2D eigenvalue weighted by Crippen LogP contribution is 2.27. The number of hydrogen-bond donors (Lipinski definition) is 2. The first-order chi connectivity index (χ1) is 8.39. The molecule has 2 N–H and O–H groups in total. The third-order valence-corrected chi connectivity index (χ3v) is 3.37. The normalized spacial score (nSPS) is 19.6. The summed E-state index contributed by atoms with van der Waals surface area (Å²) in [6.45, 7) is -0.757. The van der Waals surface area contributed by atoms with Gasteiger partial charge >= 0.3 is 6.18 Å². The van der Waals surface area contributed by atoms with Gasteiger partial charge in [0.2, 0.25) is 5.91 Å². The molecule has 0 aromatic carbocycles. The summed E-state index contributed by atoms with van der Waals surface area (Å²) in [4.78, 5) is 11.3. The fraction of sp³-hybridized carbons (Fsp3) is 0.917. The van der Waals surface area contributed by atoms with Gasteiger partial charge in [-0.2, -0.15) is 13.2 Å². The summed E-state index contributed by atoms with van der Waals surface area (Å²) in [6.07, 6.45) is -0.355. The van der Waals surface area contributed by atoms with E-state index in [1.165, 1.54) is 19.3 Å². The molecule has 0 saturated heterocycles. The van der Waals surface area contributed by atoms with Crippen LogP contribution in [-0.4, -0.2) is 29.8 Å². The van der Waals surface area contributed by atoms with Crippen LogP contribution in [0.1, 0.15) is 44.9 Å². The standard InChI is InChI=1S/C12H20F3NO2/c13-12(14,15)10(17)8-16-11(18)7-6-9-4-2-1-3-5-9/h9-10,17H,1-8H2,(H,16,18). The zero-order valence-corrected chi connectivity index (χ0v) is 10.3. The van der Waals surface area contributed by atoms with Gasteiger partial charge in [0.15, 0.2) is 6.10 Å². The zero-order chi connectivity index (χ0) is 13.6. The molecule has 0 aromatic heterocycles. The molecule has 0 heterocycles. The van der Waals surface area contributed by atoms with Crippen molar-refractivity contribution in [1.82, 2.24) is 5.32 Å². The van der Waals surface area contributed by atoms with E-state index in [0.717, 1.165) is 19.3 Å². The van der Waals surface area contributed by atoms with Crippen LogP contribution in [0.2, 0.25) is 0 Å². The summed E-state index contributed by atoms with van der Waals surface area (Å²) in [6, 6.07) is 0. The number of halogens is 3. The zero-order valence-electron chi connectivity index (χ0n) is 10.3. The number of hydrogen-bond acceptors (Lipinski definition) is 2. The summed E-state index contributed by atoms with van der Waals surface area (Å²) in [5.74, 6) is 0.112. The van der Waals surface area contributed by atoms with Gasteiger partial charge in [0.05, 0.1) is 6.54 Å². The van der Waals surface area contributed by atoms with E-state index >= 15 is 0 Å². The molecular weight excluding hydrogens is 247 g/mol. The summed E-state index contributed by atoms with van der Waals surface area (Å²) in [5, 5.41) is 10.8. The van der Waals surface area contributed by atoms with Crippen molar-refractivity contribution >= 4 is 5.91 Å². The van der Waals surface area contributed by atoms with Crippen molar-refractivity contribution in [2.75, 3.05) is 6.54 Å². The number of rotatable bonds is 5. The van der Waals surface area contributed by atoms with E-state index < -0.39 is 24.7 Å². The summed E-state index contributed by atoms with van der Waals surface area (Å²) in [7, 11) is 0. The second kappa shape index (κ2) is 6.97. The van der Waals surface area contributed by atoms with Gasteiger partial charge in [-0.3, -0.25) is 4.79 Å². The monoisotopic (exact) mass is 267 g/mol. The van der Waals surface area contributed by atoms with Crippen LogP contribution in [0.5, 0.6) is 0 Å². The molecule has 0 aliphatic heterocycles. The second-order valence-corrected chi connectivity index (χ2v) is 4.90. The summed E-state index contributed by atoms with van der Waals surface area (Å²) < 4.78 is 35.9. The minimum absolute atomic E-state index is 0.245. The largest absolute Gasteiger partial charge is 0.416 e. The summed E-state index contributed by atoms with van der Waals surface area (Å²) in [5.41, 5.74) is 0. The van der Waals surface area contributed by atoms with Crippen molar-refractivity contribution < 1.29 is 23.1 Å². The highest BCUT2D eigenvalue weighted by atomic mass is 19.4. The molecule has 1 saturated carbocycles. The Morgan fingerprint density at radius 3 is 2.44 bits per heavy atom. The lowest BCUT2D eigenvalue weighted by atomic mass is 9.86. The molecule has 0 spiro atoms. The first kappa shape index (κ1) is 15.3. The Morgan fingerprint density at radius 2 is 1.89 bits per heavy atom. The third-order valence-electron chi connectivity index (χ3n) is 3.37. The van der Waals surface area contributed by atoms with Gasteiger partial charge in [-0.15, -0.1) is 0 Å². The average Bonchev–Trinajstić information content (AvgIpc) is 2.33. The third kappa shape index (κ3) is 5.71. The molecule has 1 unspecified atom stereocenters. The number of carbonyl (C=O) groups is 1. The molecule has 0 aromatic rings. The molecule has 1 aliphatic rings. The van der Waals surface area contributed by atoms with Gasteiger partial charge < -0.3 is 10.4 Å². The van der Waals surface area contributed by atoms with Crippen LogP contribution < -0.4 is 5.32 Å². The molecule has 1 fully saturated rings. The van der Waals surface area contributed by atoms with Crippen molar-refractivity contribution in [2.45, 2.75) is 57.2 Å². The van der Waals surface area contributed by atoms with Crippen molar-refractivity contribution in [3.8, 4) is 0 Å². The molecule has 0 bridgehead atoms. The number of aliphatic hydroxyl groups excluding tert-OH is 1. The Morgan fingerprint density at radius 1 is 1.28 bits per heavy atom. The smallest absolute Gasteiger partial charge is 0.382 e. The molecule has 3 nitrogen and oxygen atoms in total. The molecule has 6 heteroatoms. The topological polar surface area (TPSA) is 49.3 Å². The van der Waals surface area contributed by atoms with Crippen LogP contribution in [0, 0.1) is 5.92 Å². The van der Waals surface area contributed by atoms with E-state index in [1.54, 1.807) is 0 Å². The number of aliphatic hydroxyl groups is 1. The molecule has 106 valence electrons. The first-order valence-corrected chi connectivity index (χ1v) is 6.41. The highest BCUT2D eigenvalue weighted by molar-refractivity contribution is 5.75. The van der Waals surface area contributed by atoms with Crippen molar-refractivity contribution in [3.05, 3.63) is 0 Å². The maximum Gasteiger partial charge on any atom is 0.416 e. The average molecular weight is 267 g/mol. The van der Waals surface area contributed by atoms with Gasteiger partial charge in [0.25, 0.3) is 0 Å². The minimum atomic E-state index is -4.67. The van der Waals surface area contributed by atoms with E-state index in [2.05, 4.69) is 5.32 Å². The highest BCUT2D eigenvalue weighted by Gasteiger charge is 2.38. The van der Waals surface area contributed by atoms with Gasteiger partial charge in [-0.25, -0.2) is 0 Å². The predicted molar refractivity (Wildman–Crippen MR) is 60.9 cm³/mol. The molecular formula is C12H20F3NO2. The van der Waals surface area contributed by atoms with Gasteiger partial charge in [0, 0.05) is 6.42 Å². The fourth-order valence-corrected chi connectivity index (χ4v) is 2.23. The van der Waals surface area contributed by atoms with Crippen molar-refractivity contribution in [1.29, 1.82) is 0 Å². The maximum absolute atomic E-state index is 12.0. The van der Waals surface area contributed by atoms with E-state index in [1.807, 2.05) is 0 Å². The van der Waals surface area contributed by atoms with E-state index in [4.69, 9.17) is 5.11 Å². The maximum atomic E-state index is 12.0. The molecule has 1 rings (SSSR count). The molecule has 1 aliphatic carbocycles. The lowest BCUT2D eigenvalue weighted by molar-refractivity contribution is -0.201. The Hall–Kier alpha value is -0.780. The van der Waals surface area contributed by atoms with E-state index in [-0.39, 0.29) is 6.42 Å². The Kier molecular flexibility index (Phi) is 5.91. The van der Waals surface area contributed by atoms with Gasteiger partial charge in [0.1, 0.15) is 0 Å². The number of amides is 1. The van der Waals surface area contributed by atoms with E-state index in [0.29, 0.717) is 5.92 Å². The lowest BCUT2D eigenvalue weighted by Crippen LogP contribution is -2.40. The number of nitrogens with one attached hydrogen (secondary N) is 1. The van der Waals surface area contributed by atoms with Crippen LogP contribution in [0.3, 0.4) is 0 Å². The fourth-order valence-electron chi connectivity index (χ4n) is 2.23. The van der Waals surface area contributed by atoms with Gasteiger partial charge in [-0.05, 0) is 12.3 Å². The molecule has 18 heavy (non-hydrogen) atoms. The molecule has 0 radical (unpaired) electrons. The van der Waals surface area contributed by atoms with Crippen LogP contribution in [0.4, 0.5) is 13.2 Å².